The van der Waals surface area contributed by atoms with Gasteiger partial charge in [0.15, 0.2) is 23.3 Å². The van der Waals surface area contributed by atoms with E-state index in [4.69, 9.17) is 0 Å². The summed E-state index contributed by atoms with van der Waals surface area (Å²) in [6.45, 7) is 0. The summed E-state index contributed by atoms with van der Waals surface area (Å²) in [6.07, 6.45) is 1.71. The fourth-order valence-electron chi connectivity index (χ4n) is 1.54. The van der Waals surface area contributed by atoms with E-state index in [2.05, 4.69) is 5.10 Å². The van der Waals surface area contributed by atoms with Crippen LogP contribution in [0.15, 0.2) is 29.4 Å². The van der Waals surface area contributed by atoms with E-state index in [1.165, 1.54) is 24.3 Å². The first-order valence-corrected chi connectivity index (χ1v) is 5.81. The van der Waals surface area contributed by atoms with E-state index < -0.39 is 34.8 Å². The summed E-state index contributed by atoms with van der Waals surface area (Å²) in [5, 5.41) is 3.40. The summed E-state index contributed by atoms with van der Waals surface area (Å²) < 4.78 is 65.4. The highest BCUT2D eigenvalue weighted by Gasteiger charge is 2.25. The van der Waals surface area contributed by atoms with E-state index in [-0.39, 0.29) is 0 Å². The van der Waals surface area contributed by atoms with Crippen LogP contribution in [0, 0.1) is 29.1 Å². The first-order chi connectivity index (χ1) is 10.5. The molecule has 1 N–H and O–H groups in total. The maximum Gasteiger partial charge on any atom is 0.200 e. The van der Waals surface area contributed by atoms with Crippen LogP contribution in [-0.4, -0.2) is 12.5 Å². The fourth-order valence-corrected chi connectivity index (χ4v) is 1.54. The van der Waals surface area contributed by atoms with Gasteiger partial charge in [0.2, 0.25) is 5.82 Å². The predicted molar refractivity (Wildman–Crippen MR) is 69.3 cm³/mol. The fraction of sp³-hybridized carbons (Fsp3) is 0. The second-order valence-corrected chi connectivity index (χ2v) is 4.10. The molecule has 2 rings (SSSR count). The van der Waals surface area contributed by atoms with E-state index in [0.717, 1.165) is 6.21 Å². The summed E-state index contributed by atoms with van der Waals surface area (Å²) in [7, 11) is 0. The minimum absolute atomic E-state index is 0.407. The monoisotopic (exact) mass is 314 g/mol. The normalized spacial score (nSPS) is 11.0. The largest absolute Gasteiger partial charge is 0.298 e. The van der Waals surface area contributed by atoms with Gasteiger partial charge in [-0.15, -0.1) is 0 Å². The van der Waals surface area contributed by atoms with Crippen LogP contribution in [0.5, 0.6) is 0 Å². The van der Waals surface area contributed by atoms with Crippen molar-refractivity contribution in [1.29, 1.82) is 0 Å². The summed E-state index contributed by atoms with van der Waals surface area (Å²) in [5.41, 5.74) is 1.37. The summed E-state index contributed by atoms with van der Waals surface area (Å²) in [5.74, 6) is -10.4. The lowest BCUT2D eigenvalue weighted by Gasteiger charge is -2.06. The maximum atomic E-state index is 13.3. The van der Waals surface area contributed by atoms with Crippen LogP contribution in [-0.2, 0) is 0 Å². The molecule has 114 valence electrons. The van der Waals surface area contributed by atoms with Crippen molar-refractivity contribution in [3.63, 3.8) is 0 Å². The van der Waals surface area contributed by atoms with E-state index in [1.807, 2.05) is 0 Å². The molecule has 0 atom stereocenters. The number of benzene rings is 2. The van der Waals surface area contributed by atoms with Crippen molar-refractivity contribution in [1.82, 2.24) is 0 Å². The number of rotatable bonds is 4. The van der Waals surface area contributed by atoms with Crippen molar-refractivity contribution in [2.75, 3.05) is 5.43 Å². The highest BCUT2D eigenvalue weighted by Crippen LogP contribution is 2.26. The van der Waals surface area contributed by atoms with Crippen LogP contribution in [0.1, 0.15) is 15.9 Å². The summed E-state index contributed by atoms with van der Waals surface area (Å²) >= 11 is 0. The molecule has 2 aromatic rings. The van der Waals surface area contributed by atoms with Crippen molar-refractivity contribution in [3.8, 4) is 0 Å². The Morgan fingerprint density at radius 1 is 0.773 bits per heavy atom. The minimum atomic E-state index is -2.24. The molecule has 0 spiro atoms. The SMILES string of the molecule is O=Cc1ccc(C=NNc2c(F)c(F)c(F)c(F)c2F)cc1. The Bertz CT molecular complexity index is 715. The molecule has 0 aliphatic carbocycles. The molecule has 0 aliphatic rings. The van der Waals surface area contributed by atoms with Crippen molar-refractivity contribution in [2.24, 2.45) is 5.10 Å². The highest BCUT2D eigenvalue weighted by molar-refractivity contribution is 5.82. The average Bonchev–Trinajstić information content (AvgIpc) is 2.55. The van der Waals surface area contributed by atoms with Gasteiger partial charge in [-0.2, -0.15) is 5.10 Å². The number of aldehydes is 1. The standard InChI is InChI=1S/C14H7F5N2O/c15-9-10(16)12(18)14(13(19)11(9)17)21-20-5-7-1-3-8(6-22)4-2-7/h1-6,21H. The zero-order valence-electron chi connectivity index (χ0n) is 10.7. The molecule has 0 bridgehead atoms. The second kappa shape index (κ2) is 6.33. The molecule has 0 radical (unpaired) electrons. The van der Waals surface area contributed by atoms with Gasteiger partial charge in [0, 0.05) is 5.56 Å². The molecule has 8 heteroatoms. The van der Waals surface area contributed by atoms with Gasteiger partial charge >= 0.3 is 0 Å². The third-order valence-electron chi connectivity index (χ3n) is 2.67. The summed E-state index contributed by atoms with van der Waals surface area (Å²) in [6, 6.07) is 5.89. The number of carbonyl (C=O) groups excluding carboxylic acids is 1. The molecular formula is C14H7F5N2O. The zero-order valence-corrected chi connectivity index (χ0v) is 10.7. The van der Waals surface area contributed by atoms with E-state index in [9.17, 15) is 26.7 Å². The number of nitrogens with one attached hydrogen (secondary N) is 1. The van der Waals surface area contributed by atoms with Crippen LogP contribution in [0.25, 0.3) is 0 Å². The molecular weight excluding hydrogens is 307 g/mol. The van der Waals surface area contributed by atoms with Gasteiger partial charge in [0.1, 0.15) is 12.0 Å². The number of hydrazone groups is 1. The molecule has 0 amide bonds. The number of nitrogens with zero attached hydrogens (tertiary/aromatic N) is 1. The highest BCUT2D eigenvalue weighted by atomic mass is 19.2. The maximum absolute atomic E-state index is 13.3. The molecule has 0 saturated heterocycles. The molecule has 2 aromatic carbocycles. The van der Waals surface area contributed by atoms with Crippen LogP contribution < -0.4 is 5.43 Å². The van der Waals surface area contributed by atoms with Gasteiger partial charge in [-0.3, -0.25) is 10.2 Å². The second-order valence-electron chi connectivity index (χ2n) is 4.10. The van der Waals surface area contributed by atoms with Gasteiger partial charge < -0.3 is 0 Å². The Morgan fingerprint density at radius 2 is 1.23 bits per heavy atom. The van der Waals surface area contributed by atoms with Crippen LogP contribution >= 0.6 is 0 Å². The number of anilines is 1. The topological polar surface area (TPSA) is 41.5 Å². The Balaban J connectivity index is 2.24. The lowest BCUT2D eigenvalue weighted by molar-refractivity contribution is 0.112. The minimum Gasteiger partial charge on any atom is -0.298 e. The smallest absolute Gasteiger partial charge is 0.200 e. The Labute approximate surface area is 121 Å². The molecule has 0 heterocycles. The first-order valence-electron chi connectivity index (χ1n) is 5.81. The van der Waals surface area contributed by atoms with E-state index >= 15 is 0 Å². The lowest BCUT2D eigenvalue weighted by atomic mass is 10.2. The lowest BCUT2D eigenvalue weighted by Crippen LogP contribution is -2.06. The Kier molecular flexibility index (Phi) is 4.50. The quantitative estimate of drug-likeness (QED) is 0.234. The molecule has 0 aliphatic heterocycles. The van der Waals surface area contributed by atoms with Crippen LogP contribution in [0.3, 0.4) is 0 Å². The summed E-state index contributed by atoms with van der Waals surface area (Å²) in [4.78, 5) is 10.5. The van der Waals surface area contributed by atoms with Gasteiger partial charge in [-0.1, -0.05) is 24.3 Å². The third-order valence-corrected chi connectivity index (χ3v) is 2.67. The number of carbonyl (C=O) groups is 1. The van der Waals surface area contributed by atoms with Gasteiger partial charge in [-0.05, 0) is 5.56 Å². The molecule has 3 nitrogen and oxygen atoms in total. The average molecular weight is 314 g/mol. The molecule has 0 aromatic heterocycles. The van der Waals surface area contributed by atoms with Gasteiger partial charge in [0.25, 0.3) is 0 Å². The molecule has 22 heavy (non-hydrogen) atoms. The third kappa shape index (κ3) is 2.95. The van der Waals surface area contributed by atoms with Crippen LogP contribution in [0.2, 0.25) is 0 Å². The molecule has 0 fully saturated rings. The predicted octanol–water partition coefficient (Wildman–Crippen LogP) is 3.64. The van der Waals surface area contributed by atoms with Crippen molar-refractivity contribution < 1.29 is 26.7 Å². The van der Waals surface area contributed by atoms with Gasteiger partial charge in [-0.25, -0.2) is 22.0 Å². The van der Waals surface area contributed by atoms with Gasteiger partial charge in [0.05, 0.1) is 6.21 Å². The van der Waals surface area contributed by atoms with Crippen molar-refractivity contribution in [3.05, 3.63) is 64.5 Å². The first kappa shape index (κ1) is 15.6. The number of hydrogen-bond donors (Lipinski definition) is 1. The Hall–Kier alpha value is -2.77. The van der Waals surface area contributed by atoms with E-state index in [0.29, 0.717) is 17.4 Å². The number of halogens is 5. The van der Waals surface area contributed by atoms with Crippen LogP contribution in [0.4, 0.5) is 27.6 Å². The van der Waals surface area contributed by atoms with Crippen molar-refractivity contribution >= 4 is 18.2 Å². The zero-order chi connectivity index (χ0) is 16.3. The van der Waals surface area contributed by atoms with E-state index in [1.54, 1.807) is 5.43 Å². The molecule has 0 unspecified atom stereocenters. The van der Waals surface area contributed by atoms with Crippen molar-refractivity contribution in [2.45, 2.75) is 0 Å². The number of hydrogen-bond acceptors (Lipinski definition) is 3. The molecule has 0 saturated carbocycles. The Morgan fingerprint density at radius 3 is 1.73 bits per heavy atom.